The molecule has 5 nitrogen and oxygen atoms in total. The minimum Gasteiger partial charge on any atom is -0.339 e. The fourth-order valence-corrected chi connectivity index (χ4v) is 4.47. The van der Waals surface area contributed by atoms with Crippen molar-refractivity contribution in [2.45, 2.75) is 44.2 Å². The molecule has 160 valence electrons. The highest BCUT2D eigenvalue weighted by Gasteiger charge is 2.37. The fourth-order valence-electron chi connectivity index (χ4n) is 4.47. The normalized spacial score (nSPS) is 19.0. The Morgan fingerprint density at radius 1 is 1.06 bits per heavy atom. The number of fused-ring (bicyclic) bond motifs is 1. The van der Waals surface area contributed by atoms with E-state index >= 15 is 0 Å². The van der Waals surface area contributed by atoms with Crippen molar-refractivity contribution in [2.24, 2.45) is 0 Å². The van der Waals surface area contributed by atoms with Crippen molar-refractivity contribution in [3.63, 3.8) is 0 Å². The third-order valence-corrected chi connectivity index (χ3v) is 6.03. The highest BCUT2D eigenvalue weighted by molar-refractivity contribution is 5.97. The molecule has 0 radical (unpaired) electrons. The van der Waals surface area contributed by atoms with E-state index < -0.39 is 11.7 Å². The van der Waals surface area contributed by atoms with Crippen LogP contribution in [0.5, 0.6) is 0 Å². The molecule has 1 amide bonds. The van der Waals surface area contributed by atoms with Crippen molar-refractivity contribution in [2.75, 3.05) is 11.4 Å². The Kier molecular flexibility index (Phi) is 4.79. The van der Waals surface area contributed by atoms with Crippen LogP contribution >= 0.6 is 0 Å². The van der Waals surface area contributed by atoms with Crippen molar-refractivity contribution in [1.82, 2.24) is 10.1 Å². The Balaban J connectivity index is 1.39. The summed E-state index contributed by atoms with van der Waals surface area (Å²) in [5.41, 5.74) is 2.93. The molecular weight excluding hydrogens is 407 g/mol. The molecule has 5 rings (SSSR count). The number of hydrogen-bond acceptors (Lipinski definition) is 4. The molecule has 0 spiro atoms. The maximum atomic E-state index is 13.0. The maximum absolute atomic E-state index is 13.0. The van der Waals surface area contributed by atoms with Crippen LogP contribution in [-0.4, -0.2) is 22.6 Å². The van der Waals surface area contributed by atoms with Crippen LogP contribution in [0.15, 0.2) is 47.0 Å². The molecule has 1 aliphatic heterocycles. The minimum absolute atomic E-state index is 0.0113. The van der Waals surface area contributed by atoms with Gasteiger partial charge in [0.1, 0.15) is 0 Å². The number of hydrogen-bond donors (Lipinski definition) is 0. The van der Waals surface area contributed by atoms with Crippen LogP contribution in [0.4, 0.5) is 18.9 Å². The lowest BCUT2D eigenvalue weighted by Gasteiger charge is -2.25. The maximum Gasteiger partial charge on any atom is 0.416 e. The van der Waals surface area contributed by atoms with Crippen LogP contribution in [0, 0.1) is 0 Å². The van der Waals surface area contributed by atoms with Gasteiger partial charge >= 0.3 is 6.18 Å². The monoisotopic (exact) mass is 427 g/mol. The first-order valence-electron chi connectivity index (χ1n) is 10.3. The average molecular weight is 427 g/mol. The van der Waals surface area contributed by atoms with E-state index in [0.717, 1.165) is 43.5 Å². The quantitative estimate of drug-likeness (QED) is 0.580. The Morgan fingerprint density at radius 2 is 1.87 bits per heavy atom. The van der Waals surface area contributed by atoms with Gasteiger partial charge in [-0.15, -0.1) is 0 Å². The van der Waals surface area contributed by atoms with Gasteiger partial charge in [0, 0.05) is 24.2 Å². The molecule has 1 fully saturated rings. The summed E-state index contributed by atoms with van der Waals surface area (Å²) in [6, 6.07) is 10.9. The summed E-state index contributed by atoms with van der Waals surface area (Å²) in [5, 5.41) is 3.86. The van der Waals surface area contributed by atoms with Gasteiger partial charge in [0.2, 0.25) is 17.6 Å². The number of anilines is 1. The fraction of sp³-hybridized carbons (Fsp3) is 0.348. The molecule has 2 heterocycles. The molecule has 0 saturated carbocycles. The van der Waals surface area contributed by atoms with E-state index in [1.165, 1.54) is 23.3 Å². The van der Waals surface area contributed by atoms with E-state index in [-0.39, 0.29) is 35.5 Å². The Labute approximate surface area is 176 Å². The van der Waals surface area contributed by atoms with Crippen LogP contribution in [0.25, 0.3) is 11.4 Å². The van der Waals surface area contributed by atoms with Crippen molar-refractivity contribution >= 4 is 11.6 Å². The molecular formula is C23H20F3N3O2. The first-order valence-corrected chi connectivity index (χ1v) is 10.3. The minimum atomic E-state index is -4.45. The van der Waals surface area contributed by atoms with E-state index in [4.69, 9.17) is 4.52 Å². The zero-order valence-corrected chi connectivity index (χ0v) is 16.7. The average Bonchev–Trinajstić information content (AvgIpc) is 3.40. The van der Waals surface area contributed by atoms with Gasteiger partial charge < -0.3 is 9.42 Å². The topological polar surface area (TPSA) is 59.2 Å². The highest BCUT2D eigenvalue weighted by Crippen LogP contribution is 2.37. The standard InChI is InChI=1S/C23H20F3N3O2/c24-23(25,26)17-8-3-7-15(11-17)21-27-22(31-28-21)16-12-20(30)29(13-16)19-10-4-6-14-5-1-2-9-18(14)19/h3-4,6-8,10-11,16H,1-2,5,9,12-13H2. The molecule has 1 aliphatic carbocycles. The second kappa shape index (κ2) is 7.51. The highest BCUT2D eigenvalue weighted by atomic mass is 19.4. The van der Waals surface area contributed by atoms with Gasteiger partial charge in [-0.3, -0.25) is 4.79 Å². The van der Waals surface area contributed by atoms with E-state index in [2.05, 4.69) is 16.2 Å². The Bertz CT molecular complexity index is 1140. The molecule has 0 bridgehead atoms. The Morgan fingerprint density at radius 3 is 2.71 bits per heavy atom. The van der Waals surface area contributed by atoms with E-state index in [9.17, 15) is 18.0 Å². The van der Waals surface area contributed by atoms with Crippen LogP contribution in [0.3, 0.4) is 0 Å². The lowest BCUT2D eigenvalue weighted by atomic mass is 9.90. The van der Waals surface area contributed by atoms with E-state index in [0.29, 0.717) is 6.54 Å². The number of alkyl halides is 3. The summed E-state index contributed by atoms with van der Waals surface area (Å²) in [7, 11) is 0. The summed E-state index contributed by atoms with van der Waals surface area (Å²) < 4.78 is 44.3. The molecule has 0 N–H and O–H groups in total. The molecule has 1 unspecified atom stereocenters. The predicted octanol–water partition coefficient (Wildman–Crippen LogP) is 5.15. The lowest BCUT2D eigenvalue weighted by Crippen LogP contribution is -2.26. The summed E-state index contributed by atoms with van der Waals surface area (Å²) in [4.78, 5) is 18.9. The number of aryl methyl sites for hydroxylation is 1. The third-order valence-electron chi connectivity index (χ3n) is 6.03. The number of nitrogens with zero attached hydrogens (tertiary/aromatic N) is 3. The summed E-state index contributed by atoms with van der Waals surface area (Å²) in [6.07, 6.45) is 0.0370. The number of carbonyl (C=O) groups excluding carboxylic acids is 1. The summed E-state index contributed by atoms with van der Waals surface area (Å²) in [6.45, 7) is 0.416. The van der Waals surface area contributed by atoms with E-state index in [1.807, 2.05) is 12.1 Å². The molecule has 2 aliphatic rings. The van der Waals surface area contributed by atoms with Gasteiger partial charge in [-0.05, 0) is 55.0 Å². The van der Waals surface area contributed by atoms with Gasteiger partial charge in [0.25, 0.3) is 0 Å². The number of benzene rings is 2. The second-order valence-corrected chi connectivity index (χ2v) is 8.06. The number of aromatic nitrogens is 2. The van der Waals surface area contributed by atoms with Crippen molar-refractivity contribution < 1.29 is 22.5 Å². The van der Waals surface area contributed by atoms with Crippen molar-refractivity contribution in [1.29, 1.82) is 0 Å². The number of rotatable bonds is 3. The van der Waals surface area contributed by atoms with Gasteiger partial charge in [0.05, 0.1) is 11.5 Å². The van der Waals surface area contributed by atoms with Gasteiger partial charge in [-0.25, -0.2) is 0 Å². The molecule has 1 aromatic heterocycles. The number of halogens is 3. The largest absolute Gasteiger partial charge is 0.416 e. The van der Waals surface area contributed by atoms with Crippen LogP contribution in [-0.2, 0) is 23.8 Å². The molecule has 3 aromatic rings. The van der Waals surface area contributed by atoms with Crippen LogP contribution < -0.4 is 4.90 Å². The summed E-state index contributed by atoms with van der Waals surface area (Å²) in [5.74, 6) is 0.0546. The third kappa shape index (κ3) is 3.71. The smallest absolute Gasteiger partial charge is 0.339 e. The predicted molar refractivity (Wildman–Crippen MR) is 108 cm³/mol. The molecule has 31 heavy (non-hydrogen) atoms. The first-order chi connectivity index (χ1) is 14.9. The number of carbonyl (C=O) groups is 1. The zero-order valence-electron chi connectivity index (χ0n) is 16.7. The van der Waals surface area contributed by atoms with Crippen LogP contribution in [0.1, 0.15) is 47.8 Å². The van der Waals surface area contributed by atoms with Crippen molar-refractivity contribution in [3.8, 4) is 11.4 Å². The SMILES string of the molecule is O=C1CC(c2nc(-c3cccc(C(F)(F)F)c3)no2)CN1c1cccc2c1CCCC2. The van der Waals surface area contributed by atoms with Gasteiger partial charge in [-0.1, -0.05) is 29.4 Å². The van der Waals surface area contributed by atoms with Crippen LogP contribution in [0.2, 0.25) is 0 Å². The molecule has 8 heteroatoms. The second-order valence-electron chi connectivity index (χ2n) is 8.06. The number of amides is 1. The van der Waals surface area contributed by atoms with E-state index in [1.54, 1.807) is 4.90 Å². The van der Waals surface area contributed by atoms with Crippen molar-refractivity contribution in [3.05, 3.63) is 65.0 Å². The lowest BCUT2D eigenvalue weighted by molar-refractivity contribution is -0.137. The Hall–Kier alpha value is -3.16. The molecule has 1 atom stereocenters. The zero-order chi connectivity index (χ0) is 21.6. The molecule has 2 aromatic carbocycles. The van der Waals surface area contributed by atoms with Gasteiger partial charge in [0.15, 0.2) is 0 Å². The summed E-state index contributed by atoms with van der Waals surface area (Å²) >= 11 is 0. The van der Waals surface area contributed by atoms with Gasteiger partial charge in [-0.2, -0.15) is 18.2 Å². The molecule has 1 saturated heterocycles. The first kappa shape index (κ1) is 19.8.